The second kappa shape index (κ2) is 9.16. The van der Waals surface area contributed by atoms with Gasteiger partial charge in [0.15, 0.2) is 0 Å². The van der Waals surface area contributed by atoms with E-state index < -0.39 is 0 Å². The molecule has 1 N–H and O–H groups in total. The number of rotatable bonds is 7. The van der Waals surface area contributed by atoms with Crippen LogP contribution < -0.4 is 5.32 Å². The van der Waals surface area contributed by atoms with E-state index >= 15 is 0 Å². The minimum absolute atomic E-state index is 0.00640. The maximum atomic E-state index is 12.5. The lowest BCUT2D eigenvalue weighted by atomic mass is 9.96. The van der Waals surface area contributed by atoms with Gasteiger partial charge in [-0.3, -0.25) is 9.59 Å². The zero-order chi connectivity index (χ0) is 17.5. The zero-order valence-electron chi connectivity index (χ0n) is 15.0. The van der Waals surface area contributed by atoms with Crippen molar-refractivity contribution in [2.45, 2.75) is 58.8 Å². The summed E-state index contributed by atoms with van der Waals surface area (Å²) in [5.41, 5.74) is 1.03. The minimum Gasteiger partial charge on any atom is -0.356 e. The van der Waals surface area contributed by atoms with Crippen molar-refractivity contribution in [3.05, 3.63) is 16.1 Å². The highest BCUT2D eigenvalue weighted by molar-refractivity contribution is 7.09. The van der Waals surface area contributed by atoms with E-state index in [0.29, 0.717) is 18.4 Å². The SMILES string of the molecule is CCC[C@@H](C)C(=O)N1CCC[C@H](c2nc(CCNC(C)=O)cs2)C1. The van der Waals surface area contributed by atoms with Gasteiger partial charge < -0.3 is 10.2 Å². The maximum absolute atomic E-state index is 12.5. The molecule has 1 saturated heterocycles. The van der Waals surface area contributed by atoms with Crippen LogP contribution in [0.3, 0.4) is 0 Å². The molecule has 6 heteroatoms. The highest BCUT2D eigenvalue weighted by Gasteiger charge is 2.28. The molecule has 5 nitrogen and oxygen atoms in total. The third-order valence-corrected chi connectivity index (χ3v) is 5.61. The smallest absolute Gasteiger partial charge is 0.225 e. The van der Waals surface area contributed by atoms with E-state index in [4.69, 9.17) is 4.98 Å². The van der Waals surface area contributed by atoms with Crippen LogP contribution in [-0.2, 0) is 16.0 Å². The second-order valence-corrected chi connectivity index (χ2v) is 7.61. The van der Waals surface area contributed by atoms with E-state index in [2.05, 4.69) is 17.6 Å². The summed E-state index contributed by atoms with van der Waals surface area (Å²) in [6.45, 7) is 8.00. The Morgan fingerprint density at radius 3 is 3.00 bits per heavy atom. The van der Waals surface area contributed by atoms with Crippen LogP contribution >= 0.6 is 11.3 Å². The number of hydrogen-bond donors (Lipinski definition) is 1. The Kier molecular flexibility index (Phi) is 7.21. The van der Waals surface area contributed by atoms with Gasteiger partial charge >= 0.3 is 0 Å². The molecule has 134 valence electrons. The number of thiazole rings is 1. The summed E-state index contributed by atoms with van der Waals surface area (Å²) in [4.78, 5) is 30.2. The van der Waals surface area contributed by atoms with Crippen LogP contribution in [0.1, 0.15) is 63.1 Å². The number of carbonyl (C=O) groups is 2. The lowest BCUT2D eigenvalue weighted by molar-refractivity contribution is -0.136. The molecule has 2 atom stereocenters. The summed E-state index contributed by atoms with van der Waals surface area (Å²) in [6.07, 6.45) is 4.93. The molecule has 0 saturated carbocycles. The monoisotopic (exact) mass is 351 g/mol. The van der Waals surface area contributed by atoms with Gasteiger partial charge in [0, 0.05) is 50.2 Å². The third kappa shape index (κ3) is 5.30. The molecule has 0 unspecified atom stereocenters. The van der Waals surface area contributed by atoms with Crippen molar-refractivity contribution in [1.82, 2.24) is 15.2 Å². The van der Waals surface area contributed by atoms with Crippen LogP contribution in [-0.4, -0.2) is 41.3 Å². The quantitative estimate of drug-likeness (QED) is 0.821. The van der Waals surface area contributed by atoms with Crippen molar-refractivity contribution < 1.29 is 9.59 Å². The van der Waals surface area contributed by atoms with Gasteiger partial charge in [-0.2, -0.15) is 0 Å². The molecular weight excluding hydrogens is 322 g/mol. The van der Waals surface area contributed by atoms with Gasteiger partial charge in [-0.25, -0.2) is 4.98 Å². The lowest BCUT2D eigenvalue weighted by Gasteiger charge is -2.33. The van der Waals surface area contributed by atoms with Crippen LogP contribution in [0.25, 0.3) is 0 Å². The zero-order valence-corrected chi connectivity index (χ0v) is 15.8. The fourth-order valence-corrected chi connectivity index (χ4v) is 4.22. The van der Waals surface area contributed by atoms with Crippen molar-refractivity contribution in [3.63, 3.8) is 0 Å². The Hall–Kier alpha value is -1.43. The second-order valence-electron chi connectivity index (χ2n) is 6.72. The highest BCUT2D eigenvalue weighted by atomic mass is 32.1. The number of amides is 2. The van der Waals surface area contributed by atoms with Crippen LogP contribution in [0.4, 0.5) is 0 Å². The number of aromatic nitrogens is 1. The predicted molar refractivity (Wildman–Crippen MR) is 97.1 cm³/mol. The molecule has 1 fully saturated rings. The molecule has 0 aliphatic carbocycles. The molecule has 1 aromatic heterocycles. The van der Waals surface area contributed by atoms with Crippen molar-refractivity contribution in [2.75, 3.05) is 19.6 Å². The summed E-state index contributed by atoms with van der Waals surface area (Å²) in [5, 5.41) is 6.02. The number of piperidine rings is 1. The highest BCUT2D eigenvalue weighted by Crippen LogP contribution is 2.30. The Morgan fingerprint density at radius 2 is 2.29 bits per heavy atom. The molecule has 1 aliphatic rings. The van der Waals surface area contributed by atoms with Crippen LogP contribution in [0.2, 0.25) is 0 Å². The summed E-state index contributed by atoms with van der Waals surface area (Å²) < 4.78 is 0. The number of carbonyl (C=O) groups excluding carboxylic acids is 2. The molecule has 2 heterocycles. The fourth-order valence-electron chi connectivity index (χ4n) is 3.24. The normalized spacial score (nSPS) is 19.1. The topological polar surface area (TPSA) is 62.3 Å². The molecule has 1 aromatic rings. The van der Waals surface area contributed by atoms with E-state index in [9.17, 15) is 9.59 Å². The van der Waals surface area contributed by atoms with Gasteiger partial charge in [-0.05, 0) is 19.3 Å². The van der Waals surface area contributed by atoms with Gasteiger partial charge in [0.05, 0.1) is 10.7 Å². The summed E-state index contributed by atoms with van der Waals surface area (Å²) in [6, 6.07) is 0. The van der Waals surface area contributed by atoms with Gasteiger partial charge in [-0.15, -0.1) is 11.3 Å². The Bertz CT molecular complexity index is 558. The third-order valence-electron chi connectivity index (χ3n) is 4.55. The first-order valence-electron chi connectivity index (χ1n) is 8.98. The van der Waals surface area contributed by atoms with Gasteiger partial charge in [0.25, 0.3) is 0 Å². The Labute approximate surface area is 148 Å². The molecule has 0 bridgehead atoms. The molecule has 0 radical (unpaired) electrons. The van der Waals surface area contributed by atoms with Crippen molar-refractivity contribution in [3.8, 4) is 0 Å². The van der Waals surface area contributed by atoms with Crippen molar-refractivity contribution in [1.29, 1.82) is 0 Å². The molecule has 0 aromatic carbocycles. The molecular formula is C18H29N3O2S. The number of likely N-dealkylation sites (tertiary alicyclic amines) is 1. The molecule has 1 aliphatic heterocycles. The van der Waals surface area contributed by atoms with E-state index in [0.717, 1.165) is 55.9 Å². The average Bonchev–Trinajstić information content (AvgIpc) is 3.03. The fraction of sp³-hybridized carbons (Fsp3) is 0.722. The van der Waals surface area contributed by atoms with Crippen molar-refractivity contribution >= 4 is 23.2 Å². The van der Waals surface area contributed by atoms with Gasteiger partial charge in [0.2, 0.25) is 11.8 Å². The number of nitrogens with zero attached hydrogens (tertiary/aromatic N) is 2. The van der Waals surface area contributed by atoms with E-state index in [1.165, 1.54) is 6.92 Å². The van der Waals surface area contributed by atoms with Crippen LogP contribution in [0.5, 0.6) is 0 Å². The van der Waals surface area contributed by atoms with E-state index in [1.54, 1.807) is 11.3 Å². The Balaban J connectivity index is 1.91. The van der Waals surface area contributed by atoms with Gasteiger partial charge in [0.1, 0.15) is 0 Å². The Morgan fingerprint density at radius 1 is 1.50 bits per heavy atom. The minimum atomic E-state index is -0.00640. The van der Waals surface area contributed by atoms with E-state index in [-0.39, 0.29) is 11.8 Å². The lowest BCUT2D eigenvalue weighted by Crippen LogP contribution is -2.41. The first-order chi connectivity index (χ1) is 11.5. The average molecular weight is 352 g/mol. The first-order valence-corrected chi connectivity index (χ1v) is 9.86. The van der Waals surface area contributed by atoms with Crippen molar-refractivity contribution in [2.24, 2.45) is 5.92 Å². The molecule has 24 heavy (non-hydrogen) atoms. The van der Waals surface area contributed by atoms with Crippen LogP contribution in [0.15, 0.2) is 5.38 Å². The molecule has 2 rings (SSSR count). The predicted octanol–water partition coefficient (Wildman–Crippen LogP) is 2.96. The number of nitrogens with one attached hydrogen (secondary N) is 1. The molecule has 0 spiro atoms. The van der Waals surface area contributed by atoms with Gasteiger partial charge in [-0.1, -0.05) is 20.3 Å². The summed E-state index contributed by atoms with van der Waals surface area (Å²) >= 11 is 1.69. The molecule has 2 amide bonds. The van der Waals surface area contributed by atoms with Crippen LogP contribution in [0, 0.1) is 5.92 Å². The largest absolute Gasteiger partial charge is 0.356 e. The maximum Gasteiger partial charge on any atom is 0.225 e. The number of hydrogen-bond acceptors (Lipinski definition) is 4. The summed E-state index contributed by atoms with van der Waals surface area (Å²) in [5.74, 6) is 0.770. The summed E-state index contributed by atoms with van der Waals surface area (Å²) in [7, 11) is 0. The standard InChI is InChI=1S/C18H29N3O2S/c1-4-6-13(2)18(23)21-10-5-7-15(11-21)17-20-16(12-24-17)8-9-19-14(3)22/h12-13,15H,4-11H2,1-3H3,(H,19,22)/t13-,15+/m1/s1. The van der Waals surface area contributed by atoms with E-state index in [1.807, 2.05) is 11.8 Å². The first kappa shape index (κ1) is 18.9.